The zero-order chi connectivity index (χ0) is 15.0. The van der Waals surface area contributed by atoms with Gasteiger partial charge >= 0.3 is 5.97 Å². The summed E-state index contributed by atoms with van der Waals surface area (Å²) in [6, 6.07) is 7.70. The van der Waals surface area contributed by atoms with Gasteiger partial charge in [-0.2, -0.15) is 0 Å². The highest BCUT2D eigenvalue weighted by Crippen LogP contribution is 2.06. The molecule has 3 N–H and O–H groups in total. The largest absolute Gasteiger partial charge is 0.481 e. The molecule has 7 nitrogen and oxygen atoms in total. The smallest absolute Gasteiger partial charge is 0.303 e. The number of rotatable bonds is 8. The van der Waals surface area contributed by atoms with E-state index in [-0.39, 0.29) is 24.4 Å². The molecule has 0 aromatic heterocycles. The summed E-state index contributed by atoms with van der Waals surface area (Å²) in [4.78, 5) is 21.7. The predicted molar refractivity (Wildman–Crippen MR) is 71.5 cm³/mol. The summed E-state index contributed by atoms with van der Waals surface area (Å²) in [5, 5.41) is 10.8. The average Bonchev–Trinajstić information content (AvgIpc) is 2.42. The van der Waals surface area contributed by atoms with Crippen molar-refractivity contribution in [3.63, 3.8) is 0 Å². The number of nitrogens with one attached hydrogen (secondary N) is 2. The fourth-order valence-corrected chi connectivity index (χ4v) is 2.38. The molecule has 0 saturated carbocycles. The van der Waals surface area contributed by atoms with E-state index in [1.54, 1.807) is 18.2 Å². The third-order valence-electron chi connectivity index (χ3n) is 2.37. The summed E-state index contributed by atoms with van der Waals surface area (Å²) in [6.07, 6.45) is 0.253. The minimum atomic E-state index is -3.70. The molecule has 20 heavy (non-hydrogen) atoms. The van der Waals surface area contributed by atoms with Crippen LogP contribution in [0.15, 0.2) is 35.2 Å². The zero-order valence-corrected chi connectivity index (χ0v) is 11.5. The number of carboxylic acid groups (broad SMARTS) is 1. The van der Waals surface area contributed by atoms with E-state index in [0.29, 0.717) is 6.42 Å². The van der Waals surface area contributed by atoms with Gasteiger partial charge < -0.3 is 10.4 Å². The van der Waals surface area contributed by atoms with Crippen molar-refractivity contribution >= 4 is 21.9 Å². The number of carboxylic acids is 1. The summed E-state index contributed by atoms with van der Waals surface area (Å²) in [6.45, 7) is -0.192. The Morgan fingerprint density at radius 3 is 2.40 bits per heavy atom. The van der Waals surface area contributed by atoms with Gasteiger partial charge in [0.15, 0.2) is 0 Å². The summed E-state index contributed by atoms with van der Waals surface area (Å²) in [5.41, 5.74) is 0. The Morgan fingerprint density at radius 1 is 1.15 bits per heavy atom. The van der Waals surface area contributed by atoms with Crippen LogP contribution in [0.5, 0.6) is 0 Å². The maximum Gasteiger partial charge on any atom is 0.303 e. The van der Waals surface area contributed by atoms with Gasteiger partial charge in [0.2, 0.25) is 15.9 Å². The monoisotopic (exact) mass is 300 g/mol. The number of aliphatic carboxylic acids is 1. The lowest BCUT2D eigenvalue weighted by Gasteiger charge is -2.07. The first-order valence-electron chi connectivity index (χ1n) is 5.95. The van der Waals surface area contributed by atoms with E-state index in [2.05, 4.69) is 10.0 Å². The van der Waals surface area contributed by atoms with Gasteiger partial charge in [-0.15, -0.1) is 0 Å². The van der Waals surface area contributed by atoms with Crippen LogP contribution in [0.4, 0.5) is 0 Å². The van der Waals surface area contributed by atoms with Gasteiger partial charge in [-0.25, -0.2) is 13.1 Å². The molecule has 0 bridgehead atoms. The molecule has 1 aromatic rings. The fraction of sp³-hybridized carbons (Fsp3) is 0.333. The molecule has 8 heteroatoms. The number of carbonyl (C=O) groups excluding carboxylic acids is 1. The summed E-state index contributed by atoms with van der Waals surface area (Å²) in [7, 11) is -3.70. The average molecular weight is 300 g/mol. The molecule has 1 rings (SSSR count). The van der Waals surface area contributed by atoms with Gasteiger partial charge in [0.05, 0.1) is 11.4 Å². The highest BCUT2D eigenvalue weighted by molar-refractivity contribution is 7.89. The first-order chi connectivity index (χ1) is 9.42. The second-order valence-corrected chi connectivity index (χ2v) is 5.75. The molecular formula is C12H16N2O5S. The first-order valence-corrected chi connectivity index (χ1v) is 7.43. The Labute approximate surface area is 117 Å². The van der Waals surface area contributed by atoms with Crippen molar-refractivity contribution in [2.75, 3.05) is 13.1 Å². The van der Waals surface area contributed by atoms with Crippen molar-refractivity contribution < 1.29 is 23.1 Å². The molecule has 0 spiro atoms. The van der Waals surface area contributed by atoms with E-state index >= 15 is 0 Å². The van der Waals surface area contributed by atoms with Gasteiger partial charge in [0.25, 0.3) is 0 Å². The molecule has 1 aromatic carbocycles. The highest BCUT2D eigenvalue weighted by Gasteiger charge is 2.14. The van der Waals surface area contributed by atoms with Gasteiger partial charge in [-0.05, 0) is 18.6 Å². The maximum atomic E-state index is 11.8. The zero-order valence-electron chi connectivity index (χ0n) is 10.7. The van der Waals surface area contributed by atoms with Crippen LogP contribution in [-0.2, 0) is 19.6 Å². The van der Waals surface area contributed by atoms with Gasteiger partial charge in [-0.1, -0.05) is 18.2 Å². The second kappa shape index (κ2) is 7.61. The van der Waals surface area contributed by atoms with Crippen LogP contribution in [0, 0.1) is 0 Å². The molecule has 0 aliphatic carbocycles. The number of hydrogen-bond acceptors (Lipinski definition) is 4. The number of benzene rings is 1. The molecule has 0 saturated heterocycles. The Hall–Kier alpha value is -1.93. The van der Waals surface area contributed by atoms with E-state index in [1.165, 1.54) is 12.1 Å². The van der Waals surface area contributed by atoms with Gasteiger partial charge in [-0.3, -0.25) is 9.59 Å². The van der Waals surface area contributed by atoms with Crippen LogP contribution in [0.25, 0.3) is 0 Å². The van der Waals surface area contributed by atoms with E-state index in [4.69, 9.17) is 5.11 Å². The third-order valence-corrected chi connectivity index (χ3v) is 3.78. The quantitative estimate of drug-likeness (QED) is 0.582. The molecule has 0 aliphatic rings. The highest BCUT2D eigenvalue weighted by atomic mass is 32.2. The predicted octanol–water partition coefficient (Wildman–Crippen LogP) is -0.0541. The van der Waals surface area contributed by atoms with E-state index in [1.807, 2.05) is 0 Å². The molecule has 0 unspecified atom stereocenters. The SMILES string of the molecule is O=C(O)CCCNC(=O)CNS(=O)(=O)c1ccccc1. The number of sulfonamides is 1. The number of carbonyl (C=O) groups is 2. The standard InChI is InChI=1S/C12H16N2O5S/c15-11(13-8-4-7-12(16)17)9-14-20(18,19)10-5-2-1-3-6-10/h1-3,5-6,14H,4,7-9H2,(H,13,15)(H,16,17). The molecule has 1 amide bonds. The number of hydrogen-bond donors (Lipinski definition) is 3. The molecule has 0 radical (unpaired) electrons. The van der Waals surface area contributed by atoms with Crippen LogP contribution in [0.3, 0.4) is 0 Å². The van der Waals surface area contributed by atoms with E-state index < -0.39 is 21.9 Å². The van der Waals surface area contributed by atoms with Gasteiger partial charge in [0.1, 0.15) is 0 Å². The summed E-state index contributed by atoms with van der Waals surface area (Å²) in [5.74, 6) is -1.45. The number of amides is 1. The molecular weight excluding hydrogens is 284 g/mol. The van der Waals surface area contributed by atoms with Crippen LogP contribution in [-0.4, -0.2) is 38.5 Å². The Balaban J connectivity index is 2.35. The third kappa shape index (κ3) is 5.81. The lowest BCUT2D eigenvalue weighted by Crippen LogP contribution is -2.37. The molecule has 0 heterocycles. The van der Waals surface area contributed by atoms with E-state index in [9.17, 15) is 18.0 Å². The first kappa shape index (κ1) is 16.1. The maximum absolute atomic E-state index is 11.8. The lowest BCUT2D eigenvalue weighted by atomic mass is 10.3. The normalized spacial score (nSPS) is 11.0. The van der Waals surface area contributed by atoms with Crippen molar-refractivity contribution in [2.24, 2.45) is 0 Å². The molecule has 0 atom stereocenters. The molecule has 0 fully saturated rings. The topological polar surface area (TPSA) is 113 Å². The van der Waals surface area contributed by atoms with Gasteiger partial charge in [0, 0.05) is 13.0 Å². The van der Waals surface area contributed by atoms with Crippen LogP contribution in [0.1, 0.15) is 12.8 Å². The van der Waals surface area contributed by atoms with E-state index in [0.717, 1.165) is 0 Å². The summed E-state index contributed by atoms with van der Waals surface area (Å²) < 4.78 is 25.7. The van der Waals surface area contributed by atoms with Crippen molar-refractivity contribution in [3.05, 3.63) is 30.3 Å². The fourth-order valence-electron chi connectivity index (χ4n) is 1.37. The molecule has 110 valence electrons. The minimum Gasteiger partial charge on any atom is -0.481 e. The van der Waals surface area contributed by atoms with Crippen molar-refractivity contribution in [1.29, 1.82) is 0 Å². The minimum absolute atomic E-state index is 0.0456. The van der Waals surface area contributed by atoms with Crippen LogP contribution in [0.2, 0.25) is 0 Å². The second-order valence-electron chi connectivity index (χ2n) is 3.98. The Bertz CT molecular complexity index is 556. The van der Waals surface area contributed by atoms with Crippen molar-refractivity contribution in [2.45, 2.75) is 17.7 Å². The van der Waals surface area contributed by atoms with Crippen molar-refractivity contribution in [1.82, 2.24) is 10.0 Å². The molecule has 0 aliphatic heterocycles. The Kier molecular flexibility index (Phi) is 6.13. The van der Waals surface area contributed by atoms with Crippen LogP contribution >= 0.6 is 0 Å². The lowest BCUT2D eigenvalue weighted by molar-refractivity contribution is -0.137. The Morgan fingerprint density at radius 2 is 1.80 bits per heavy atom. The van der Waals surface area contributed by atoms with Crippen LogP contribution < -0.4 is 10.0 Å². The van der Waals surface area contributed by atoms with Crippen molar-refractivity contribution in [3.8, 4) is 0 Å². The summed E-state index contributed by atoms with van der Waals surface area (Å²) >= 11 is 0.